The van der Waals surface area contributed by atoms with Gasteiger partial charge in [0.05, 0.1) is 20.3 Å². The zero-order valence-electron chi connectivity index (χ0n) is 18.7. The first kappa shape index (κ1) is 22.4. The van der Waals surface area contributed by atoms with E-state index in [2.05, 4.69) is 5.32 Å². The summed E-state index contributed by atoms with van der Waals surface area (Å²) in [6.07, 6.45) is 13.0. The summed E-state index contributed by atoms with van der Waals surface area (Å²) < 4.78 is 10.9. The number of aliphatic hydroxyl groups is 1. The van der Waals surface area contributed by atoms with E-state index in [0.29, 0.717) is 0 Å². The van der Waals surface area contributed by atoms with Gasteiger partial charge in [-0.05, 0) is 67.8 Å². The molecule has 29 heavy (non-hydrogen) atoms. The van der Waals surface area contributed by atoms with Crippen molar-refractivity contribution < 1.29 is 14.6 Å². The average Bonchev–Trinajstić information content (AvgIpc) is 3.44. The molecule has 1 aromatic carbocycles. The lowest BCUT2D eigenvalue weighted by Crippen LogP contribution is -2.41. The van der Waals surface area contributed by atoms with Crippen LogP contribution in [0.3, 0.4) is 0 Å². The molecule has 164 valence electrons. The van der Waals surface area contributed by atoms with E-state index in [-0.39, 0.29) is 6.04 Å². The van der Waals surface area contributed by atoms with Crippen molar-refractivity contribution in [3.8, 4) is 11.5 Å². The van der Waals surface area contributed by atoms with Crippen LogP contribution >= 0.6 is 0 Å². The standard InChI is InChI=1S/C25H41NO3/c1-18(27)24(17-21-16-22(28-2)12-13-25(21)29-3)26-15-14-23(19-8-4-5-9-19)20-10-6-7-11-20/h12-13,16,18-20,23-24,26-27H,4-11,14-15,17H2,1-3H3. The summed E-state index contributed by atoms with van der Waals surface area (Å²) in [6, 6.07) is 5.91. The molecule has 0 amide bonds. The smallest absolute Gasteiger partial charge is 0.122 e. The average molecular weight is 404 g/mol. The second-order valence-electron chi connectivity index (χ2n) is 9.22. The van der Waals surface area contributed by atoms with Crippen LogP contribution in [-0.4, -0.2) is 38.0 Å². The fourth-order valence-electron chi connectivity index (χ4n) is 5.75. The van der Waals surface area contributed by atoms with Gasteiger partial charge in [-0.3, -0.25) is 0 Å². The number of hydrogen-bond acceptors (Lipinski definition) is 4. The van der Waals surface area contributed by atoms with Crippen LogP contribution in [0.2, 0.25) is 0 Å². The van der Waals surface area contributed by atoms with Gasteiger partial charge in [0.25, 0.3) is 0 Å². The van der Waals surface area contributed by atoms with Gasteiger partial charge in [0.15, 0.2) is 0 Å². The van der Waals surface area contributed by atoms with Crippen LogP contribution in [0.25, 0.3) is 0 Å². The Balaban J connectivity index is 1.60. The number of methoxy groups -OCH3 is 2. The van der Waals surface area contributed by atoms with Gasteiger partial charge in [-0.15, -0.1) is 0 Å². The Morgan fingerprint density at radius 2 is 1.62 bits per heavy atom. The minimum Gasteiger partial charge on any atom is -0.497 e. The van der Waals surface area contributed by atoms with Crippen molar-refractivity contribution >= 4 is 0 Å². The molecule has 0 heterocycles. The fourth-order valence-corrected chi connectivity index (χ4v) is 5.75. The van der Waals surface area contributed by atoms with Gasteiger partial charge in [0.1, 0.15) is 11.5 Å². The lowest BCUT2D eigenvalue weighted by atomic mass is 9.77. The third-order valence-corrected chi connectivity index (χ3v) is 7.40. The Bertz CT molecular complexity index is 590. The molecular weight excluding hydrogens is 362 g/mol. The van der Waals surface area contributed by atoms with E-state index in [1.807, 2.05) is 25.1 Å². The molecule has 2 fully saturated rings. The third kappa shape index (κ3) is 6.11. The molecule has 2 aliphatic carbocycles. The topological polar surface area (TPSA) is 50.7 Å². The van der Waals surface area contributed by atoms with Crippen molar-refractivity contribution in [2.75, 3.05) is 20.8 Å². The van der Waals surface area contributed by atoms with Crippen molar-refractivity contribution in [1.29, 1.82) is 0 Å². The van der Waals surface area contributed by atoms with Crippen LogP contribution in [0.1, 0.15) is 70.3 Å². The molecule has 1 aromatic rings. The Labute approximate surface area is 177 Å². The monoisotopic (exact) mass is 403 g/mol. The molecule has 0 saturated heterocycles. The number of benzene rings is 1. The summed E-state index contributed by atoms with van der Waals surface area (Å²) in [6.45, 7) is 2.87. The number of ether oxygens (including phenoxy) is 2. The highest BCUT2D eigenvalue weighted by molar-refractivity contribution is 5.40. The van der Waals surface area contributed by atoms with Crippen molar-refractivity contribution in [1.82, 2.24) is 5.32 Å². The number of nitrogens with one attached hydrogen (secondary N) is 1. The van der Waals surface area contributed by atoms with Gasteiger partial charge in [-0.2, -0.15) is 0 Å². The largest absolute Gasteiger partial charge is 0.497 e. The van der Waals surface area contributed by atoms with Gasteiger partial charge in [0, 0.05) is 6.04 Å². The quantitative estimate of drug-likeness (QED) is 0.548. The Morgan fingerprint density at radius 1 is 1.00 bits per heavy atom. The predicted molar refractivity (Wildman–Crippen MR) is 119 cm³/mol. The number of rotatable bonds is 11. The Morgan fingerprint density at radius 3 is 2.14 bits per heavy atom. The first-order valence-corrected chi connectivity index (χ1v) is 11.7. The molecule has 0 radical (unpaired) electrons. The van der Waals surface area contributed by atoms with Gasteiger partial charge in [0.2, 0.25) is 0 Å². The molecule has 2 unspecified atom stereocenters. The van der Waals surface area contributed by atoms with Crippen LogP contribution in [0, 0.1) is 17.8 Å². The molecule has 2 aliphatic rings. The summed E-state index contributed by atoms with van der Waals surface area (Å²) in [5.74, 6) is 4.42. The molecule has 0 bridgehead atoms. The zero-order chi connectivity index (χ0) is 20.6. The van der Waals surface area contributed by atoms with Gasteiger partial charge < -0.3 is 19.9 Å². The lowest BCUT2D eigenvalue weighted by Gasteiger charge is -2.31. The van der Waals surface area contributed by atoms with E-state index in [0.717, 1.165) is 47.8 Å². The second kappa shape index (κ2) is 11.2. The summed E-state index contributed by atoms with van der Waals surface area (Å²) >= 11 is 0. The molecular formula is C25H41NO3. The van der Waals surface area contributed by atoms with E-state index in [1.165, 1.54) is 57.8 Å². The minimum absolute atomic E-state index is 0.0174. The highest BCUT2D eigenvalue weighted by atomic mass is 16.5. The molecule has 4 nitrogen and oxygen atoms in total. The number of aliphatic hydroxyl groups excluding tert-OH is 1. The fraction of sp³-hybridized carbons (Fsp3) is 0.760. The maximum absolute atomic E-state index is 10.4. The van der Waals surface area contributed by atoms with E-state index < -0.39 is 6.10 Å². The maximum atomic E-state index is 10.4. The highest BCUT2D eigenvalue weighted by Crippen LogP contribution is 2.43. The molecule has 4 heteroatoms. The number of hydrogen-bond donors (Lipinski definition) is 2. The Hall–Kier alpha value is -1.26. The van der Waals surface area contributed by atoms with Crippen LogP contribution < -0.4 is 14.8 Å². The summed E-state index contributed by atoms with van der Waals surface area (Å²) in [4.78, 5) is 0. The van der Waals surface area contributed by atoms with Crippen molar-refractivity contribution in [3.05, 3.63) is 23.8 Å². The van der Waals surface area contributed by atoms with Crippen LogP contribution in [0.4, 0.5) is 0 Å². The molecule has 2 saturated carbocycles. The predicted octanol–water partition coefficient (Wildman–Crippen LogP) is 4.97. The third-order valence-electron chi connectivity index (χ3n) is 7.40. The van der Waals surface area contributed by atoms with Crippen molar-refractivity contribution in [3.63, 3.8) is 0 Å². The molecule has 0 spiro atoms. The van der Waals surface area contributed by atoms with E-state index >= 15 is 0 Å². The molecule has 0 aromatic heterocycles. The lowest BCUT2D eigenvalue weighted by molar-refractivity contribution is 0.138. The molecule has 0 aliphatic heterocycles. The summed E-state index contributed by atoms with van der Waals surface area (Å²) in [5, 5.41) is 14.1. The molecule has 3 rings (SSSR count). The summed E-state index contributed by atoms with van der Waals surface area (Å²) in [7, 11) is 3.38. The Kier molecular flexibility index (Phi) is 8.68. The molecule has 2 N–H and O–H groups in total. The normalized spacial score (nSPS) is 20.3. The zero-order valence-corrected chi connectivity index (χ0v) is 18.7. The minimum atomic E-state index is -0.415. The SMILES string of the molecule is COc1ccc(OC)c(CC(NCCC(C2CCCC2)C2CCCC2)C(C)O)c1. The van der Waals surface area contributed by atoms with E-state index in [9.17, 15) is 5.11 Å². The first-order chi connectivity index (χ1) is 14.1. The van der Waals surface area contributed by atoms with Crippen molar-refractivity contribution in [2.24, 2.45) is 17.8 Å². The van der Waals surface area contributed by atoms with Gasteiger partial charge >= 0.3 is 0 Å². The first-order valence-electron chi connectivity index (χ1n) is 11.7. The van der Waals surface area contributed by atoms with Crippen LogP contribution in [0.5, 0.6) is 11.5 Å². The van der Waals surface area contributed by atoms with Crippen LogP contribution in [-0.2, 0) is 6.42 Å². The van der Waals surface area contributed by atoms with Crippen molar-refractivity contribution in [2.45, 2.75) is 83.3 Å². The van der Waals surface area contributed by atoms with Crippen LogP contribution in [0.15, 0.2) is 18.2 Å². The maximum Gasteiger partial charge on any atom is 0.122 e. The molecule has 2 atom stereocenters. The van der Waals surface area contributed by atoms with Gasteiger partial charge in [-0.1, -0.05) is 51.4 Å². The van der Waals surface area contributed by atoms with Gasteiger partial charge in [-0.25, -0.2) is 0 Å². The van der Waals surface area contributed by atoms with E-state index in [1.54, 1.807) is 14.2 Å². The summed E-state index contributed by atoms with van der Waals surface area (Å²) in [5.41, 5.74) is 1.08. The second-order valence-corrected chi connectivity index (χ2v) is 9.22. The van der Waals surface area contributed by atoms with E-state index in [4.69, 9.17) is 9.47 Å². The highest BCUT2D eigenvalue weighted by Gasteiger charge is 2.32.